The summed E-state index contributed by atoms with van der Waals surface area (Å²) in [6.07, 6.45) is 0.736. The Morgan fingerprint density at radius 3 is 2.28 bits per heavy atom. The Kier molecular flexibility index (Phi) is 10.4. The van der Waals surface area contributed by atoms with Crippen molar-refractivity contribution in [2.24, 2.45) is 0 Å². The summed E-state index contributed by atoms with van der Waals surface area (Å²) in [5, 5.41) is 3.20. The number of halogens is 2. The molecule has 0 radical (unpaired) electrons. The van der Waals surface area contributed by atoms with E-state index in [1.54, 1.807) is 19.1 Å². The quantitative estimate of drug-likeness (QED) is 0.308. The third-order valence-electron chi connectivity index (χ3n) is 6.22. The first-order valence-corrected chi connectivity index (χ1v) is 14.8. The van der Waals surface area contributed by atoms with Crippen LogP contribution in [0, 0.1) is 13.8 Å². The molecule has 0 aliphatic heterocycles. The molecule has 0 heterocycles. The highest BCUT2D eigenvalue weighted by molar-refractivity contribution is 7.92. The molecule has 7 nitrogen and oxygen atoms in total. The van der Waals surface area contributed by atoms with Crippen LogP contribution in [-0.4, -0.2) is 44.3 Å². The van der Waals surface area contributed by atoms with Crippen molar-refractivity contribution in [3.8, 4) is 0 Å². The number of anilines is 1. The Balaban J connectivity index is 2.06. The normalized spacial score (nSPS) is 12.1. The van der Waals surface area contributed by atoms with E-state index in [4.69, 9.17) is 23.2 Å². The lowest BCUT2D eigenvalue weighted by atomic mass is 10.1. The summed E-state index contributed by atoms with van der Waals surface area (Å²) in [4.78, 5) is 28.2. The largest absolute Gasteiger partial charge is 0.354 e. The van der Waals surface area contributed by atoms with Crippen LogP contribution >= 0.6 is 23.2 Å². The van der Waals surface area contributed by atoms with Crippen molar-refractivity contribution in [1.29, 1.82) is 0 Å². The van der Waals surface area contributed by atoms with Gasteiger partial charge in [-0.05, 0) is 63.1 Å². The van der Waals surface area contributed by atoms with Gasteiger partial charge < -0.3 is 10.2 Å². The molecule has 0 fully saturated rings. The number of carbonyl (C=O) groups excluding carboxylic acids is 2. The number of carbonyl (C=O) groups is 2. The smallest absolute Gasteiger partial charge is 0.264 e. The molecule has 2 amide bonds. The summed E-state index contributed by atoms with van der Waals surface area (Å²) < 4.78 is 28.7. The monoisotopic (exact) mass is 589 g/mol. The zero-order chi connectivity index (χ0) is 28.7. The summed E-state index contributed by atoms with van der Waals surface area (Å²) in [5.74, 6) is -0.894. The van der Waals surface area contributed by atoms with E-state index < -0.39 is 28.5 Å². The van der Waals surface area contributed by atoms with Gasteiger partial charge in [0.25, 0.3) is 10.0 Å². The summed E-state index contributed by atoms with van der Waals surface area (Å²) in [7, 11) is -4.24. The van der Waals surface area contributed by atoms with Gasteiger partial charge in [-0.1, -0.05) is 77.7 Å². The van der Waals surface area contributed by atoms with Gasteiger partial charge in [0.05, 0.1) is 15.6 Å². The Morgan fingerprint density at radius 1 is 0.949 bits per heavy atom. The van der Waals surface area contributed by atoms with Crippen molar-refractivity contribution in [2.75, 3.05) is 17.4 Å². The van der Waals surface area contributed by atoms with Gasteiger partial charge in [0.1, 0.15) is 12.6 Å². The number of amides is 2. The van der Waals surface area contributed by atoms with Gasteiger partial charge in [-0.2, -0.15) is 0 Å². The van der Waals surface area contributed by atoms with Crippen molar-refractivity contribution >= 4 is 50.7 Å². The highest BCUT2D eigenvalue weighted by atomic mass is 35.5. The molecule has 0 aliphatic rings. The molecule has 1 N–H and O–H groups in total. The van der Waals surface area contributed by atoms with Crippen LogP contribution in [0.1, 0.15) is 37.0 Å². The van der Waals surface area contributed by atoms with Crippen LogP contribution < -0.4 is 9.62 Å². The first-order valence-electron chi connectivity index (χ1n) is 12.6. The van der Waals surface area contributed by atoms with Gasteiger partial charge in [-0.15, -0.1) is 0 Å². The van der Waals surface area contributed by atoms with Crippen LogP contribution in [0.4, 0.5) is 5.69 Å². The number of rotatable bonds is 11. The second-order valence-corrected chi connectivity index (χ2v) is 12.1. The molecule has 1 unspecified atom stereocenters. The van der Waals surface area contributed by atoms with E-state index in [0.29, 0.717) is 6.54 Å². The predicted molar refractivity (Wildman–Crippen MR) is 157 cm³/mol. The minimum atomic E-state index is -4.24. The first-order chi connectivity index (χ1) is 18.4. The molecular weight excluding hydrogens is 557 g/mol. The molecule has 0 saturated heterocycles. The van der Waals surface area contributed by atoms with E-state index in [9.17, 15) is 18.0 Å². The van der Waals surface area contributed by atoms with Crippen LogP contribution in [-0.2, 0) is 26.2 Å². The molecule has 0 bridgehead atoms. The number of aryl methyl sites for hydroxylation is 2. The van der Waals surface area contributed by atoms with Crippen molar-refractivity contribution < 1.29 is 18.0 Å². The molecule has 3 aromatic carbocycles. The van der Waals surface area contributed by atoms with E-state index in [2.05, 4.69) is 5.32 Å². The van der Waals surface area contributed by atoms with Crippen LogP contribution in [0.25, 0.3) is 0 Å². The lowest BCUT2D eigenvalue weighted by molar-refractivity contribution is -0.139. The van der Waals surface area contributed by atoms with Crippen molar-refractivity contribution in [2.45, 2.75) is 51.6 Å². The zero-order valence-electron chi connectivity index (χ0n) is 22.4. The van der Waals surface area contributed by atoms with E-state index in [1.807, 2.05) is 45.0 Å². The highest BCUT2D eigenvalue weighted by Crippen LogP contribution is 2.33. The lowest BCUT2D eigenvalue weighted by Gasteiger charge is -2.32. The van der Waals surface area contributed by atoms with Gasteiger partial charge >= 0.3 is 0 Å². The Labute approximate surface area is 240 Å². The maximum absolute atomic E-state index is 13.9. The molecule has 3 rings (SSSR count). The molecule has 39 heavy (non-hydrogen) atoms. The maximum Gasteiger partial charge on any atom is 0.264 e. The van der Waals surface area contributed by atoms with Crippen molar-refractivity contribution in [3.63, 3.8) is 0 Å². The lowest BCUT2D eigenvalue weighted by Crippen LogP contribution is -2.51. The number of nitrogens with one attached hydrogen (secondary N) is 1. The van der Waals surface area contributed by atoms with E-state index in [0.717, 1.165) is 27.4 Å². The third kappa shape index (κ3) is 7.75. The minimum Gasteiger partial charge on any atom is -0.354 e. The minimum absolute atomic E-state index is 0.00378. The maximum atomic E-state index is 13.9. The fourth-order valence-electron chi connectivity index (χ4n) is 4.01. The Morgan fingerprint density at radius 2 is 1.64 bits per heavy atom. The van der Waals surface area contributed by atoms with Crippen molar-refractivity contribution in [1.82, 2.24) is 10.2 Å². The average Bonchev–Trinajstić information content (AvgIpc) is 2.90. The molecule has 3 aromatic rings. The van der Waals surface area contributed by atoms with Crippen LogP contribution in [0.15, 0.2) is 71.6 Å². The molecule has 1 atom stereocenters. The zero-order valence-corrected chi connectivity index (χ0v) is 24.8. The number of sulfonamides is 1. The second-order valence-electron chi connectivity index (χ2n) is 9.40. The fraction of sp³-hybridized carbons (Fsp3) is 0.310. The van der Waals surface area contributed by atoms with Crippen molar-refractivity contribution in [3.05, 3.63) is 93.5 Å². The van der Waals surface area contributed by atoms with Gasteiger partial charge in [-0.3, -0.25) is 13.9 Å². The Hall–Kier alpha value is -3.07. The predicted octanol–water partition coefficient (Wildman–Crippen LogP) is 5.75. The Bertz CT molecular complexity index is 1430. The topological polar surface area (TPSA) is 86.8 Å². The highest BCUT2D eigenvalue weighted by Gasteiger charge is 2.33. The molecule has 0 aliphatic carbocycles. The van der Waals surface area contributed by atoms with Crippen LogP contribution in [0.2, 0.25) is 10.0 Å². The van der Waals surface area contributed by atoms with Gasteiger partial charge in [0.15, 0.2) is 0 Å². The van der Waals surface area contributed by atoms with E-state index in [1.165, 1.54) is 35.2 Å². The third-order valence-corrected chi connectivity index (χ3v) is 8.55. The summed E-state index contributed by atoms with van der Waals surface area (Å²) >= 11 is 12.6. The fourth-order valence-corrected chi connectivity index (χ4v) is 5.87. The molecule has 10 heteroatoms. The van der Waals surface area contributed by atoms with E-state index >= 15 is 0 Å². The number of nitrogens with zero attached hydrogens (tertiary/aromatic N) is 2. The first kappa shape index (κ1) is 30.5. The SMILES string of the molecule is CCCNC(=O)C(C)N(Cc1cccc(C)c1)C(=O)CN(c1cc(Cl)ccc1Cl)S(=O)(=O)c1ccc(C)cc1. The molecular formula is C29H33Cl2N3O4S. The second kappa shape index (κ2) is 13.3. The average molecular weight is 591 g/mol. The summed E-state index contributed by atoms with van der Waals surface area (Å²) in [6.45, 7) is 7.33. The molecule has 208 valence electrons. The van der Waals surface area contributed by atoms with Gasteiger partial charge in [-0.25, -0.2) is 8.42 Å². The van der Waals surface area contributed by atoms with Gasteiger partial charge in [0.2, 0.25) is 11.8 Å². The summed E-state index contributed by atoms with van der Waals surface area (Å²) in [6, 6.07) is 17.5. The van der Waals surface area contributed by atoms with E-state index in [-0.39, 0.29) is 33.1 Å². The van der Waals surface area contributed by atoms with Gasteiger partial charge in [0, 0.05) is 18.1 Å². The standard InChI is InChI=1S/C29H33Cl2N3O4S/c1-5-15-32-29(36)22(4)33(18-23-8-6-7-21(3)16-23)28(35)19-34(27-17-24(30)11-14-26(27)31)39(37,38)25-12-9-20(2)10-13-25/h6-14,16-17,22H,5,15,18-19H2,1-4H3,(H,32,36). The summed E-state index contributed by atoms with van der Waals surface area (Å²) in [5.41, 5.74) is 2.76. The molecule has 0 saturated carbocycles. The van der Waals surface area contributed by atoms with Crippen LogP contribution in [0.5, 0.6) is 0 Å². The molecule has 0 spiro atoms. The number of benzene rings is 3. The van der Waals surface area contributed by atoms with Crippen LogP contribution in [0.3, 0.4) is 0 Å². The molecule has 0 aromatic heterocycles. The number of hydrogen-bond donors (Lipinski definition) is 1. The number of hydrogen-bond acceptors (Lipinski definition) is 4.